The van der Waals surface area contributed by atoms with Crippen molar-refractivity contribution in [2.24, 2.45) is 0 Å². The van der Waals surface area contributed by atoms with E-state index in [9.17, 15) is 4.79 Å². The van der Waals surface area contributed by atoms with Crippen LogP contribution in [-0.2, 0) is 6.54 Å². The molecule has 6 heteroatoms. The monoisotopic (exact) mass is 355 g/mol. The Morgan fingerprint density at radius 2 is 1.80 bits per heavy atom. The van der Waals surface area contributed by atoms with Crippen LogP contribution in [0.3, 0.4) is 0 Å². The summed E-state index contributed by atoms with van der Waals surface area (Å²) in [7, 11) is 0. The topological polar surface area (TPSA) is 59.2 Å². The molecule has 2 aromatic carbocycles. The third-order valence-corrected chi connectivity index (χ3v) is 4.03. The van der Waals surface area contributed by atoms with Crippen LogP contribution in [0.2, 0.25) is 5.02 Å². The number of amides is 1. The molecule has 0 saturated heterocycles. The van der Waals surface area contributed by atoms with E-state index >= 15 is 0 Å². The second kappa shape index (κ2) is 7.49. The Bertz CT molecular complexity index is 845. The Morgan fingerprint density at radius 1 is 1.12 bits per heavy atom. The zero-order valence-corrected chi connectivity index (χ0v) is 14.8. The van der Waals surface area contributed by atoms with Gasteiger partial charge in [0.05, 0.1) is 0 Å². The van der Waals surface area contributed by atoms with E-state index in [-0.39, 0.29) is 18.5 Å². The van der Waals surface area contributed by atoms with Gasteiger partial charge in [0.25, 0.3) is 5.91 Å². The predicted molar refractivity (Wildman–Crippen MR) is 96.2 cm³/mol. The molecule has 0 spiro atoms. The van der Waals surface area contributed by atoms with Crippen molar-refractivity contribution in [2.45, 2.75) is 26.4 Å². The first-order chi connectivity index (χ1) is 12.0. The van der Waals surface area contributed by atoms with Gasteiger partial charge in [-0.05, 0) is 50.2 Å². The number of carbonyl (C=O) groups is 1. The molecule has 0 aliphatic heterocycles. The fourth-order valence-electron chi connectivity index (χ4n) is 2.42. The average molecular weight is 356 g/mol. The highest BCUT2D eigenvalue weighted by atomic mass is 35.5. The minimum absolute atomic E-state index is 0.00131. The summed E-state index contributed by atoms with van der Waals surface area (Å²) in [6, 6.07) is 16.4. The first-order valence-corrected chi connectivity index (χ1v) is 8.37. The number of carbonyl (C=O) groups excluding carboxylic acids is 1. The molecule has 25 heavy (non-hydrogen) atoms. The largest absolute Gasteiger partial charge is 0.337 e. The number of nitrogens with zero attached hydrogens (tertiary/aromatic N) is 3. The fraction of sp³-hybridized carbons (Fsp3) is 0.211. The predicted octanol–water partition coefficient (Wildman–Crippen LogP) is 4.44. The number of aromatic nitrogens is 2. The van der Waals surface area contributed by atoms with Crippen LogP contribution >= 0.6 is 11.6 Å². The molecule has 0 N–H and O–H groups in total. The molecule has 5 nitrogen and oxygen atoms in total. The molecule has 0 unspecified atom stereocenters. The maximum atomic E-state index is 12.7. The zero-order valence-electron chi connectivity index (χ0n) is 14.0. The first kappa shape index (κ1) is 17.2. The second-order valence-corrected chi connectivity index (χ2v) is 6.35. The molecular formula is C19H18ClN3O2. The van der Waals surface area contributed by atoms with Gasteiger partial charge in [0.15, 0.2) is 0 Å². The summed E-state index contributed by atoms with van der Waals surface area (Å²) in [6.07, 6.45) is 0. The second-order valence-electron chi connectivity index (χ2n) is 5.91. The van der Waals surface area contributed by atoms with Gasteiger partial charge >= 0.3 is 0 Å². The SMILES string of the molecule is CC(C)N(Cc1nc(-c2ccc(Cl)cc2)no1)C(=O)c1ccccc1. The lowest BCUT2D eigenvalue weighted by Gasteiger charge is -2.25. The highest BCUT2D eigenvalue weighted by molar-refractivity contribution is 6.30. The summed E-state index contributed by atoms with van der Waals surface area (Å²) in [5.41, 5.74) is 1.44. The van der Waals surface area contributed by atoms with Crippen LogP contribution < -0.4 is 0 Å². The van der Waals surface area contributed by atoms with Gasteiger partial charge in [-0.15, -0.1) is 0 Å². The molecule has 0 aliphatic carbocycles. The van der Waals surface area contributed by atoms with E-state index in [0.717, 1.165) is 5.56 Å². The molecule has 1 amide bonds. The number of hydrogen-bond donors (Lipinski definition) is 0. The molecule has 0 saturated carbocycles. The van der Waals surface area contributed by atoms with Gasteiger partial charge in [0.1, 0.15) is 6.54 Å². The van der Waals surface area contributed by atoms with Crippen molar-refractivity contribution in [1.29, 1.82) is 0 Å². The maximum absolute atomic E-state index is 12.7. The van der Waals surface area contributed by atoms with Crippen molar-refractivity contribution in [1.82, 2.24) is 15.0 Å². The van der Waals surface area contributed by atoms with Gasteiger partial charge in [-0.2, -0.15) is 4.98 Å². The summed E-state index contributed by atoms with van der Waals surface area (Å²) in [4.78, 5) is 18.8. The Morgan fingerprint density at radius 3 is 2.44 bits per heavy atom. The molecule has 0 atom stereocenters. The number of halogens is 1. The Kier molecular flexibility index (Phi) is 5.14. The summed E-state index contributed by atoms with van der Waals surface area (Å²) < 4.78 is 5.33. The van der Waals surface area contributed by atoms with Crippen molar-refractivity contribution < 1.29 is 9.32 Å². The minimum Gasteiger partial charge on any atom is -0.337 e. The average Bonchev–Trinajstić information content (AvgIpc) is 3.09. The molecule has 0 radical (unpaired) electrons. The molecule has 1 heterocycles. The van der Waals surface area contributed by atoms with Crippen LogP contribution in [0.5, 0.6) is 0 Å². The van der Waals surface area contributed by atoms with Gasteiger partial charge in [-0.25, -0.2) is 0 Å². The lowest BCUT2D eigenvalue weighted by atomic mass is 10.1. The van der Waals surface area contributed by atoms with E-state index < -0.39 is 0 Å². The van der Waals surface area contributed by atoms with Gasteiger partial charge in [-0.3, -0.25) is 4.79 Å². The van der Waals surface area contributed by atoms with E-state index in [0.29, 0.717) is 22.3 Å². The summed E-state index contributed by atoms with van der Waals surface area (Å²) in [5.74, 6) is 0.798. The molecule has 0 bridgehead atoms. The Hall–Kier alpha value is -2.66. The maximum Gasteiger partial charge on any atom is 0.254 e. The van der Waals surface area contributed by atoms with Crippen LogP contribution in [0.15, 0.2) is 59.1 Å². The molecule has 3 aromatic rings. The van der Waals surface area contributed by atoms with E-state index in [4.69, 9.17) is 16.1 Å². The summed E-state index contributed by atoms with van der Waals surface area (Å²) >= 11 is 5.89. The van der Waals surface area contributed by atoms with Crippen molar-refractivity contribution in [3.8, 4) is 11.4 Å². The van der Waals surface area contributed by atoms with Crippen LogP contribution in [0.4, 0.5) is 0 Å². The molecule has 0 fully saturated rings. The van der Waals surface area contributed by atoms with E-state index in [1.54, 1.807) is 29.2 Å². The van der Waals surface area contributed by atoms with E-state index in [2.05, 4.69) is 10.1 Å². The third-order valence-electron chi connectivity index (χ3n) is 3.78. The first-order valence-electron chi connectivity index (χ1n) is 7.99. The van der Waals surface area contributed by atoms with Crippen LogP contribution in [0.25, 0.3) is 11.4 Å². The molecule has 1 aromatic heterocycles. The summed E-state index contributed by atoms with van der Waals surface area (Å²) in [6.45, 7) is 4.17. The smallest absolute Gasteiger partial charge is 0.254 e. The number of benzene rings is 2. The standard InChI is InChI=1S/C19H18ClN3O2/c1-13(2)23(19(24)15-6-4-3-5-7-15)12-17-21-18(22-25-17)14-8-10-16(20)11-9-14/h3-11,13H,12H2,1-2H3. The van der Waals surface area contributed by atoms with Crippen molar-refractivity contribution in [3.05, 3.63) is 71.1 Å². The number of hydrogen-bond acceptors (Lipinski definition) is 4. The Labute approximate surface area is 151 Å². The lowest BCUT2D eigenvalue weighted by molar-refractivity contribution is 0.0667. The minimum atomic E-state index is -0.0677. The molecule has 128 valence electrons. The Balaban J connectivity index is 1.79. The van der Waals surface area contributed by atoms with Crippen LogP contribution in [-0.4, -0.2) is 27.0 Å². The highest BCUT2D eigenvalue weighted by Gasteiger charge is 2.22. The zero-order chi connectivity index (χ0) is 17.8. The summed E-state index contributed by atoms with van der Waals surface area (Å²) in [5, 5.41) is 4.64. The fourth-order valence-corrected chi connectivity index (χ4v) is 2.54. The molecule has 0 aliphatic rings. The molecular weight excluding hydrogens is 338 g/mol. The van der Waals surface area contributed by atoms with Crippen LogP contribution in [0, 0.1) is 0 Å². The quantitative estimate of drug-likeness (QED) is 0.678. The third kappa shape index (κ3) is 4.06. The van der Waals surface area contributed by atoms with Crippen molar-refractivity contribution >= 4 is 17.5 Å². The van der Waals surface area contributed by atoms with Crippen LogP contribution in [0.1, 0.15) is 30.1 Å². The normalized spacial score (nSPS) is 10.9. The van der Waals surface area contributed by atoms with Gasteiger partial charge in [0, 0.05) is 22.2 Å². The van der Waals surface area contributed by atoms with E-state index in [1.807, 2.05) is 44.2 Å². The lowest BCUT2D eigenvalue weighted by Crippen LogP contribution is -2.36. The van der Waals surface area contributed by atoms with Gasteiger partial charge in [0.2, 0.25) is 11.7 Å². The van der Waals surface area contributed by atoms with Crippen molar-refractivity contribution in [3.63, 3.8) is 0 Å². The molecule has 3 rings (SSSR count). The van der Waals surface area contributed by atoms with Gasteiger partial charge < -0.3 is 9.42 Å². The van der Waals surface area contributed by atoms with Gasteiger partial charge in [-0.1, -0.05) is 35.0 Å². The van der Waals surface area contributed by atoms with Crippen molar-refractivity contribution in [2.75, 3.05) is 0 Å². The van der Waals surface area contributed by atoms with E-state index in [1.165, 1.54) is 0 Å². The number of rotatable bonds is 5. The highest BCUT2D eigenvalue weighted by Crippen LogP contribution is 2.20.